The number of aromatic amines is 1. The van der Waals surface area contributed by atoms with Crippen LogP contribution in [-0.2, 0) is 11.3 Å². The Labute approximate surface area is 124 Å². The predicted octanol–water partition coefficient (Wildman–Crippen LogP) is 2.57. The van der Waals surface area contributed by atoms with Crippen LogP contribution in [0.3, 0.4) is 0 Å². The summed E-state index contributed by atoms with van der Waals surface area (Å²) in [5.41, 5.74) is 2.22. The topological polar surface area (TPSA) is 58.2 Å². The molecule has 112 valence electrons. The fourth-order valence-electron chi connectivity index (χ4n) is 1.93. The Bertz CT molecular complexity index is 562. The summed E-state index contributed by atoms with van der Waals surface area (Å²) in [7, 11) is 1.75. The first kappa shape index (κ1) is 15.1. The quantitative estimate of drug-likeness (QED) is 0.888. The molecule has 0 aliphatic carbocycles. The highest BCUT2D eigenvalue weighted by Gasteiger charge is 2.10. The molecule has 0 atom stereocenters. The molecule has 0 bridgehead atoms. The zero-order valence-electron chi connectivity index (χ0n) is 12.7. The monoisotopic (exact) mass is 287 g/mol. The third-order valence-corrected chi connectivity index (χ3v) is 3.31. The molecule has 21 heavy (non-hydrogen) atoms. The SMILES string of the molecule is CC(C)c1ccc(OCC(=O)N(C)Cc2cn[nH]c2)cc1. The zero-order valence-corrected chi connectivity index (χ0v) is 12.7. The molecule has 0 spiro atoms. The number of carbonyl (C=O) groups excluding carboxylic acids is 1. The van der Waals surface area contributed by atoms with Gasteiger partial charge in [0, 0.05) is 25.4 Å². The van der Waals surface area contributed by atoms with Crippen LogP contribution in [0.2, 0.25) is 0 Å². The Morgan fingerprint density at radius 2 is 2.05 bits per heavy atom. The van der Waals surface area contributed by atoms with Crippen LogP contribution in [0, 0.1) is 0 Å². The molecule has 5 nitrogen and oxygen atoms in total. The lowest BCUT2D eigenvalue weighted by atomic mass is 10.0. The van der Waals surface area contributed by atoms with Crippen molar-refractivity contribution in [3.63, 3.8) is 0 Å². The summed E-state index contributed by atoms with van der Waals surface area (Å²) in [5.74, 6) is 1.13. The van der Waals surface area contributed by atoms with Crippen LogP contribution in [0.4, 0.5) is 0 Å². The van der Waals surface area contributed by atoms with Crippen molar-refractivity contribution in [2.24, 2.45) is 0 Å². The number of benzene rings is 1. The first-order chi connectivity index (χ1) is 10.1. The molecule has 2 rings (SSSR count). The highest BCUT2D eigenvalue weighted by Crippen LogP contribution is 2.18. The summed E-state index contributed by atoms with van der Waals surface area (Å²) >= 11 is 0. The van der Waals surface area contributed by atoms with E-state index in [1.54, 1.807) is 24.3 Å². The van der Waals surface area contributed by atoms with Gasteiger partial charge in [0.05, 0.1) is 6.20 Å². The molecule has 0 radical (unpaired) electrons. The van der Waals surface area contributed by atoms with Crippen LogP contribution in [-0.4, -0.2) is 34.7 Å². The molecule has 2 aromatic rings. The van der Waals surface area contributed by atoms with E-state index in [0.717, 1.165) is 5.56 Å². The second-order valence-electron chi connectivity index (χ2n) is 5.37. The normalized spacial score (nSPS) is 10.7. The second-order valence-corrected chi connectivity index (χ2v) is 5.37. The van der Waals surface area contributed by atoms with Gasteiger partial charge < -0.3 is 9.64 Å². The van der Waals surface area contributed by atoms with Crippen molar-refractivity contribution < 1.29 is 9.53 Å². The van der Waals surface area contributed by atoms with E-state index in [4.69, 9.17) is 4.74 Å². The summed E-state index contributed by atoms with van der Waals surface area (Å²) < 4.78 is 5.53. The lowest BCUT2D eigenvalue weighted by Gasteiger charge is -2.16. The minimum atomic E-state index is -0.0656. The van der Waals surface area contributed by atoms with Gasteiger partial charge >= 0.3 is 0 Å². The number of aromatic nitrogens is 2. The molecule has 0 saturated heterocycles. The smallest absolute Gasteiger partial charge is 0.260 e. The number of ether oxygens (including phenoxy) is 1. The van der Waals surface area contributed by atoms with Crippen molar-refractivity contribution in [2.75, 3.05) is 13.7 Å². The van der Waals surface area contributed by atoms with Gasteiger partial charge in [-0.05, 0) is 23.6 Å². The number of nitrogens with one attached hydrogen (secondary N) is 1. The van der Waals surface area contributed by atoms with Gasteiger partial charge in [-0.2, -0.15) is 5.10 Å². The largest absolute Gasteiger partial charge is 0.484 e. The average Bonchev–Trinajstić information content (AvgIpc) is 2.98. The highest BCUT2D eigenvalue weighted by atomic mass is 16.5. The van der Waals surface area contributed by atoms with Crippen molar-refractivity contribution in [1.82, 2.24) is 15.1 Å². The van der Waals surface area contributed by atoms with E-state index in [0.29, 0.717) is 18.2 Å². The lowest BCUT2D eigenvalue weighted by Crippen LogP contribution is -2.30. The van der Waals surface area contributed by atoms with Crippen molar-refractivity contribution in [2.45, 2.75) is 26.3 Å². The Kier molecular flexibility index (Phi) is 4.98. The van der Waals surface area contributed by atoms with E-state index in [1.165, 1.54) is 5.56 Å². The summed E-state index contributed by atoms with van der Waals surface area (Å²) in [6.07, 6.45) is 3.48. The second kappa shape index (κ2) is 6.92. The standard InChI is InChI=1S/C16H21N3O2/c1-12(2)14-4-6-15(7-5-14)21-11-16(20)19(3)10-13-8-17-18-9-13/h4-9,12H,10-11H2,1-3H3,(H,17,18). The van der Waals surface area contributed by atoms with Crippen LogP contribution in [0.15, 0.2) is 36.7 Å². The van der Waals surface area contributed by atoms with Gasteiger partial charge in [0.15, 0.2) is 6.61 Å². The number of H-pyrrole nitrogens is 1. The summed E-state index contributed by atoms with van der Waals surface area (Å²) in [6, 6.07) is 7.86. The first-order valence-electron chi connectivity index (χ1n) is 7.00. The number of hydrogen-bond donors (Lipinski definition) is 1. The van der Waals surface area contributed by atoms with E-state index >= 15 is 0 Å². The molecular weight excluding hydrogens is 266 g/mol. The molecular formula is C16H21N3O2. The number of nitrogens with zero attached hydrogens (tertiary/aromatic N) is 2. The number of hydrogen-bond acceptors (Lipinski definition) is 3. The number of rotatable bonds is 6. The van der Waals surface area contributed by atoms with E-state index in [1.807, 2.05) is 24.3 Å². The van der Waals surface area contributed by atoms with Crippen LogP contribution in [0.25, 0.3) is 0 Å². The van der Waals surface area contributed by atoms with Crippen LogP contribution in [0.1, 0.15) is 30.9 Å². The van der Waals surface area contributed by atoms with Crippen LogP contribution in [0.5, 0.6) is 5.75 Å². The maximum Gasteiger partial charge on any atom is 0.260 e. The fraction of sp³-hybridized carbons (Fsp3) is 0.375. The molecule has 0 saturated carbocycles. The van der Waals surface area contributed by atoms with Gasteiger partial charge in [-0.3, -0.25) is 9.89 Å². The van der Waals surface area contributed by atoms with E-state index in [-0.39, 0.29) is 12.5 Å². The average molecular weight is 287 g/mol. The Balaban J connectivity index is 1.83. The van der Waals surface area contributed by atoms with Crippen LogP contribution < -0.4 is 4.74 Å². The molecule has 0 unspecified atom stereocenters. The Morgan fingerprint density at radius 3 is 2.62 bits per heavy atom. The first-order valence-corrected chi connectivity index (χ1v) is 7.00. The summed E-state index contributed by atoms with van der Waals surface area (Å²) in [5, 5.41) is 6.58. The van der Waals surface area contributed by atoms with Gasteiger partial charge in [0.25, 0.3) is 5.91 Å². The third-order valence-electron chi connectivity index (χ3n) is 3.31. The molecule has 1 N–H and O–H groups in total. The molecule has 1 aromatic carbocycles. The highest BCUT2D eigenvalue weighted by molar-refractivity contribution is 5.77. The van der Waals surface area contributed by atoms with Gasteiger partial charge in [0.2, 0.25) is 0 Å². The van der Waals surface area contributed by atoms with Crippen molar-refractivity contribution >= 4 is 5.91 Å². The number of amides is 1. The van der Waals surface area contributed by atoms with Gasteiger partial charge in [-0.15, -0.1) is 0 Å². The lowest BCUT2D eigenvalue weighted by molar-refractivity contribution is -0.132. The van der Waals surface area contributed by atoms with Gasteiger partial charge in [-0.1, -0.05) is 26.0 Å². The molecule has 1 aromatic heterocycles. The molecule has 0 fully saturated rings. The maximum atomic E-state index is 12.0. The van der Waals surface area contributed by atoms with Crippen molar-refractivity contribution in [1.29, 1.82) is 0 Å². The third kappa shape index (κ3) is 4.34. The number of likely N-dealkylation sites (N-methyl/N-ethyl adjacent to an activating group) is 1. The summed E-state index contributed by atoms with van der Waals surface area (Å²) in [6.45, 7) is 4.84. The van der Waals surface area contributed by atoms with Crippen molar-refractivity contribution in [3.05, 3.63) is 47.8 Å². The summed E-state index contributed by atoms with van der Waals surface area (Å²) in [4.78, 5) is 13.6. The maximum absolute atomic E-state index is 12.0. The minimum Gasteiger partial charge on any atom is -0.484 e. The molecule has 1 heterocycles. The van der Waals surface area contributed by atoms with Gasteiger partial charge in [-0.25, -0.2) is 0 Å². The van der Waals surface area contributed by atoms with Gasteiger partial charge in [0.1, 0.15) is 5.75 Å². The molecule has 5 heteroatoms. The number of carbonyl (C=O) groups is 1. The minimum absolute atomic E-state index is 0.0371. The predicted molar refractivity (Wildman–Crippen MR) is 81.1 cm³/mol. The molecule has 1 amide bonds. The zero-order chi connectivity index (χ0) is 15.2. The molecule has 0 aliphatic heterocycles. The van der Waals surface area contributed by atoms with E-state index < -0.39 is 0 Å². The fourth-order valence-corrected chi connectivity index (χ4v) is 1.93. The molecule has 0 aliphatic rings. The van der Waals surface area contributed by atoms with E-state index in [2.05, 4.69) is 24.0 Å². The Morgan fingerprint density at radius 1 is 1.33 bits per heavy atom. The van der Waals surface area contributed by atoms with Crippen molar-refractivity contribution in [3.8, 4) is 5.75 Å². The van der Waals surface area contributed by atoms with E-state index in [9.17, 15) is 4.79 Å². The van der Waals surface area contributed by atoms with Crippen LogP contribution >= 0.6 is 0 Å². The Hall–Kier alpha value is -2.30.